The standard InChI is InChI=1S/C14H17N5/c1-10-4-2-3-5-12(10)19-14-6-13(16-9-17-14)18-11-7-15-8-11/h2-6,9,11,15H,7-8H2,1H3,(H2,16,17,18,19). The zero-order valence-corrected chi connectivity index (χ0v) is 10.9. The molecule has 0 amide bonds. The summed E-state index contributed by atoms with van der Waals surface area (Å²) in [5, 5.41) is 9.90. The van der Waals surface area contributed by atoms with Gasteiger partial charge in [-0.15, -0.1) is 0 Å². The van der Waals surface area contributed by atoms with Crippen molar-refractivity contribution in [3.8, 4) is 0 Å². The normalized spacial score (nSPS) is 14.8. The van der Waals surface area contributed by atoms with Gasteiger partial charge in [0.15, 0.2) is 0 Å². The summed E-state index contributed by atoms with van der Waals surface area (Å²) in [5.41, 5.74) is 2.26. The van der Waals surface area contributed by atoms with Crippen molar-refractivity contribution in [3.63, 3.8) is 0 Å². The molecule has 1 aliphatic heterocycles. The molecule has 3 N–H and O–H groups in total. The third-order valence-electron chi connectivity index (χ3n) is 3.21. The summed E-state index contributed by atoms with van der Waals surface area (Å²) in [6.07, 6.45) is 1.58. The first-order valence-electron chi connectivity index (χ1n) is 6.43. The summed E-state index contributed by atoms with van der Waals surface area (Å²) in [5.74, 6) is 1.66. The molecule has 5 nitrogen and oxygen atoms in total. The van der Waals surface area contributed by atoms with E-state index in [2.05, 4.69) is 38.9 Å². The monoisotopic (exact) mass is 255 g/mol. The van der Waals surface area contributed by atoms with Gasteiger partial charge in [0, 0.05) is 24.8 Å². The number of hydrogen-bond donors (Lipinski definition) is 3. The van der Waals surface area contributed by atoms with Crippen LogP contribution in [-0.4, -0.2) is 29.1 Å². The van der Waals surface area contributed by atoms with Gasteiger partial charge >= 0.3 is 0 Å². The van der Waals surface area contributed by atoms with E-state index in [-0.39, 0.29) is 0 Å². The molecule has 1 aliphatic rings. The minimum absolute atomic E-state index is 0.473. The van der Waals surface area contributed by atoms with E-state index in [1.165, 1.54) is 5.56 Å². The summed E-state index contributed by atoms with van der Waals surface area (Å²) in [4.78, 5) is 8.48. The van der Waals surface area contributed by atoms with Crippen LogP contribution in [-0.2, 0) is 0 Å². The lowest BCUT2D eigenvalue weighted by molar-refractivity contribution is 0.471. The van der Waals surface area contributed by atoms with Crippen molar-refractivity contribution in [3.05, 3.63) is 42.2 Å². The summed E-state index contributed by atoms with van der Waals surface area (Å²) in [6, 6.07) is 10.6. The highest BCUT2D eigenvalue weighted by atomic mass is 15.1. The van der Waals surface area contributed by atoms with E-state index >= 15 is 0 Å². The lowest BCUT2D eigenvalue weighted by Crippen LogP contribution is -2.51. The van der Waals surface area contributed by atoms with Gasteiger partial charge in [-0.25, -0.2) is 9.97 Å². The van der Waals surface area contributed by atoms with Crippen LogP contribution in [0.1, 0.15) is 5.56 Å². The van der Waals surface area contributed by atoms with Gasteiger partial charge in [0.25, 0.3) is 0 Å². The fraction of sp³-hybridized carbons (Fsp3) is 0.286. The van der Waals surface area contributed by atoms with Crippen LogP contribution in [0.3, 0.4) is 0 Å². The van der Waals surface area contributed by atoms with Crippen molar-refractivity contribution in [2.45, 2.75) is 13.0 Å². The Morgan fingerprint density at radius 1 is 1.16 bits per heavy atom. The number of aryl methyl sites for hydroxylation is 1. The number of aromatic nitrogens is 2. The maximum atomic E-state index is 4.25. The van der Waals surface area contributed by atoms with E-state index in [9.17, 15) is 0 Å². The van der Waals surface area contributed by atoms with Crippen LogP contribution in [0, 0.1) is 6.92 Å². The van der Waals surface area contributed by atoms with Gasteiger partial charge in [-0.2, -0.15) is 0 Å². The predicted octanol–water partition coefficient (Wildman–Crippen LogP) is 1.91. The molecule has 19 heavy (non-hydrogen) atoms. The molecule has 0 bridgehead atoms. The Kier molecular flexibility index (Phi) is 3.29. The predicted molar refractivity (Wildman–Crippen MR) is 76.8 cm³/mol. The van der Waals surface area contributed by atoms with E-state index in [4.69, 9.17) is 0 Å². The fourth-order valence-electron chi connectivity index (χ4n) is 1.96. The zero-order valence-electron chi connectivity index (χ0n) is 10.9. The van der Waals surface area contributed by atoms with E-state index < -0.39 is 0 Å². The zero-order chi connectivity index (χ0) is 13.1. The molecule has 0 spiro atoms. The Balaban J connectivity index is 1.73. The number of nitrogens with zero attached hydrogens (tertiary/aromatic N) is 2. The van der Waals surface area contributed by atoms with Crippen LogP contribution < -0.4 is 16.0 Å². The van der Waals surface area contributed by atoms with Crippen LogP contribution in [0.4, 0.5) is 17.3 Å². The molecule has 0 unspecified atom stereocenters. The molecule has 3 rings (SSSR count). The molecular formula is C14H17N5. The molecule has 0 atom stereocenters. The van der Waals surface area contributed by atoms with Gasteiger partial charge in [-0.05, 0) is 18.6 Å². The Morgan fingerprint density at radius 3 is 2.68 bits per heavy atom. The quantitative estimate of drug-likeness (QED) is 0.779. The molecule has 1 saturated heterocycles. The number of hydrogen-bond acceptors (Lipinski definition) is 5. The number of nitrogens with one attached hydrogen (secondary N) is 3. The Labute approximate surface area is 112 Å². The maximum absolute atomic E-state index is 4.25. The summed E-state index contributed by atoms with van der Waals surface area (Å²) in [7, 11) is 0. The topological polar surface area (TPSA) is 61.9 Å². The van der Waals surface area contributed by atoms with Crippen molar-refractivity contribution in [2.75, 3.05) is 23.7 Å². The van der Waals surface area contributed by atoms with Crippen molar-refractivity contribution in [1.29, 1.82) is 0 Å². The van der Waals surface area contributed by atoms with E-state index in [1.807, 2.05) is 24.3 Å². The minimum atomic E-state index is 0.473. The van der Waals surface area contributed by atoms with Gasteiger partial charge in [0.05, 0.1) is 6.04 Å². The van der Waals surface area contributed by atoms with Crippen molar-refractivity contribution >= 4 is 17.3 Å². The number of para-hydroxylation sites is 1. The second-order valence-corrected chi connectivity index (χ2v) is 4.73. The van der Waals surface area contributed by atoms with Crippen LogP contribution in [0.2, 0.25) is 0 Å². The Morgan fingerprint density at radius 2 is 1.95 bits per heavy atom. The summed E-state index contributed by atoms with van der Waals surface area (Å²) >= 11 is 0. The van der Waals surface area contributed by atoms with Crippen LogP contribution in [0.25, 0.3) is 0 Å². The van der Waals surface area contributed by atoms with Crippen molar-refractivity contribution in [1.82, 2.24) is 15.3 Å². The highest BCUT2D eigenvalue weighted by molar-refractivity contribution is 5.62. The molecule has 5 heteroatoms. The van der Waals surface area contributed by atoms with Crippen LogP contribution in [0.15, 0.2) is 36.7 Å². The van der Waals surface area contributed by atoms with Gasteiger partial charge < -0.3 is 16.0 Å². The first kappa shape index (κ1) is 11.9. The molecule has 2 aromatic rings. The Bertz CT molecular complexity index is 565. The average Bonchev–Trinajstić information content (AvgIpc) is 2.37. The fourth-order valence-corrected chi connectivity index (χ4v) is 1.96. The van der Waals surface area contributed by atoms with E-state index in [1.54, 1.807) is 6.33 Å². The highest BCUT2D eigenvalue weighted by Crippen LogP contribution is 2.19. The average molecular weight is 255 g/mol. The molecule has 98 valence electrons. The molecule has 1 aromatic heterocycles. The number of anilines is 3. The molecule has 1 aromatic carbocycles. The second-order valence-electron chi connectivity index (χ2n) is 4.73. The third kappa shape index (κ3) is 2.82. The molecule has 0 saturated carbocycles. The smallest absolute Gasteiger partial charge is 0.135 e. The van der Waals surface area contributed by atoms with E-state index in [0.29, 0.717) is 6.04 Å². The van der Waals surface area contributed by atoms with Gasteiger partial charge in [-0.1, -0.05) is 18.2 Å². The Hall–Kier alpha value is -2.14. The first-order chi connectivity index (χ1) is 9.31. The molecule has 0 radical (unpaired) electrons. The number of rotatable bonds is 4. The first-order valence-corrected chi connectivity index (χ1v) is 6.43. The highest BCUT2D eigenvalue weighted by Gasteiger charge is 2.16. The molecular weight excluding hydrogens is 238 g/mol. The largest absolute Gasteiger partial charge is 0.365 e. The van der Waals surface area contributed by atoms with Crippen LogP contribution in [0.5, 0.6) is 0 Å². The van der Waals surface area contributed by atoms with Gasteiger partial charge in [-0.3, -0.25) is 0 Å². The van der Waals surface area contributed by atoms with Crippen molar-refractivity contribution < 1.29 is 0 Å². The van der Waals surface area contributed by atoms with E-state index in [0.717, 1.165) is 30.4 Å². The van der Waals surface area contributed by atoms with Crippen LogP contribution >= 0.6 is 0 Å². The third-order valence-corrected chi connectivity index (χ3v) is 3.21. The summed E-state index contributed by atoms with van der Waals surface area (Å²) < 4.78 is 0. The summed E-state index contributed by atoms with van der Waals surface area (Å²) in [6.45, 7) is 4.05. The lowest BCUT2D eigenvalue weighted by Gasteiger charge is -2.28. The van der Waals surface area contributed by atoms with Gasteiger partial charge in [0.1, 0.15) is 18.0 Å². The SMILES string of the molecule is Cc1ccccc1Nc1cc(NC2CNC2)ncn1. The second kappa shape index (κ2) is 5.24. The molecule has 0 aliphatic carbocycles. The molecule has 2 heterocycles. The lowest BCUT2D eigenvalue weighted by atomic mass is 10.2. The number of benzene rings is 1. The van der Waals surface area contributed by atoms with Crippen molar-refractivity contribution in [2.24, 2.45) is 0 Å². The van der Waals surface area contributed by atoms with Gasteiger partial charge in [0.2, 0.25) is 0 Å². The molecule has 1 fully saturated rings. The maximum Gasteiger partial charge on any atom is 0.135 e. The minimum Gasteiger partial charge on any atom is -0.365 e.